The largest absolute Gasteiger partial charge is 0.393 e. The van der Waals surface area contributed by atoms with Gasteiger partial charge in [-0.15, -0.1) is 0 Å². The highest BCUT2D eigenvalue weighted by molar-refractivity contribution is 5.48. The molecule has 2 saturated carbocycles. The molecule has 0 aromatic carbocycles. The molecule has 4 aliphatic carbocycles. The zero-order chi connectivity index (χ0) is 19.5. The van der Waals surface area contributed by atoms with Gasteiger partial charge in [0.25, 0.3) is 0 Å². The van der Waals surface area contributed by atoms with Gasteiger partial charge >= 0.3 is 0 Å². The van der Waals surface area contributed by atoms with E-state index in [4.69, 9.17) is 5.41 Å². The lowest BCUT2D eigenvalue weighted by molar-refractivity contribution is -0.0293. The molecule has 26 heavy (non-hydrogen) atoms. The molecule has 0 saturated heterocycles. The third-order valence-corrected chi connectivity index (χ3v) is 8.05. The second-order valence-corrected chi connectivity index (χ2v) is 9.02. The summed E-state index contributed by atoms with van der Waals surface area (Å²) in [6.45, 7) is 13.1. The van der Waals surface area contributed by atoms with Gasteiger partial charge < -0.3 is 10.5 Å². The van der Waals surface area contributed by atoms with E-state index in [-0.39, 0.29) is 6.10 Å². The van der Waals surface area contributed by atoms with Crippen molar-refractivity contribution in [1.29, 1.82) is 5.41 Å². The van der Waals surface area contributed by atoms with Crippen LogP contribution in [0.4, 0.5) is 0 Å². The predicted molar refractivity (Wildman–Crippen MR) is 113 cm³/mol. The number of rotatable bonds is 0. The molecule has 6 atom stereocenters. The Hall–Kier alpha value is -0.890. The molecule has 0 bridgehead atoms. The van der Waals surface area contributed by atoms with Crippen LogP contribution in [0.1, 0.15) is 86.5 Å². The third kappa shape index (κ3) is 3.46. The van der Waals surface area contributed by atoms with E-state index < -0.39 is 0 Å². The minimum absolute atomic E-state index is 0.0786. The van der Waals surface area contributed by atoms with Gasteiger partial charge in [0.05, 0.1) is 6.10 Å². The topological polar surface area (TPSA) is 44.1 Å². The Morgan fingerprint density at radius 2 is 1.65 bits per heavy atom. The summed E-state index contributed by atoms with van der Waals surface area (Å²) >= 11 is 0. The highest BCUT2D eigenvalue weighted by Crippen LogP contribution is 2.64. The molecule has 0 aromatic heterocycles. The summed E-state index contributed by atoms with van der Waals surface area (Å²) < 4.78 is 0. The number of allylic oxidation sites excluding steroid dienone is 3. The molecule has 0 radical (unpaired) electrons. The summed E-state index contributed by atoms with van der Waals surface area (Å²) in [5.74, 6) is 2.61. The monoisotopic (exact) mass is 359 g/mol. The van der Waals surface area contributed by atoms with E-state index in [1.807, 2.05) is 13.8 Å². The van der Waals surface area contributed by atoms with Gasteiger partial charge in [-0.1, -0.05) is 51.0 Å². The first-order valence-corrected chi connectivity index (χ1v) is 10.9. The average Bonchev–Trinajstić information content (AvgIpc) is 2.93. The van der Waals surface area contributed by atoms with Crippen LogP contribution >= 0.6 is 0 Å². The van der Waals surface area contributed by atoms with Crippen molar-refractivity contribution in [1.82, 2.24) is 0 Å². The van der Waals surface area contributed by atoms with Gasteiger partial charge in [0.15, 0.2) is 0 Å². The van der Waals surface area contributed by atoms with Crippen molar-refractivity contribution >= 4 is 6.21 Å². The smallest absolute Gasteiger partial charge is 0.0577 e. The normalized spacial score (nSPS) is 43.0. The molecular weight excluding hydrogens is 318 g/mol. The summed E-state index contributed by atoms with van der Waals surface area (Å²) in [6.07, 6.45) is 14.7. The maximum absolute atomic E-state index is 10.0. The molecule has 0 aromatic rings. The van der Waals surface area contributed by atoms with Crippen LogP contribution < -0.4 is 0 Å². The van der Waals surface area contributed by atoms with Crippen LogP contribution in [0.3, 0.4) is 0 Å². The third-order valence-electron chi connectivity index (χ3n) is 8.05. The van der Waals surface area contributed by atoms with Gasteiger partial charge in [-0.05, 0) is 93.6 Å². The van der Waals surface area contributed by atoms with Crippen LogP contribution in [0.15, 0.2) is 23.3 Å². The quantitative estimate of drug-likeness (QED) is 0.374. The fourth-order valence-electron chi connectivity index (χ4n) is 6.42. The first-order valence-electron chi connectivity index (χ1n) is 10.9. The average molecular weight is 360 g/mol. The highest BCUT2D eigenvalue weighted by atomic mass is 16.3. The van der Waals surface area contributed by atoms with Crippen LogP contribution in [0.2, 0.25) is 0 Å². The van der Waals surface area contributed by atoms with Crippen molar-refractivity contribution in [3.05, 3.63) is 23.3 Å². The van der Waals surface area contributed by atoms with Crippen molar-refractivity contribution < 1.29 is 5.11 Å². The van der Waals surface area contributed by atoms with Crippen LogP contribution in [-0.4, -0.2) is 17.4 Å². The van der Waals surface area contributed by atoms with Crippen molar-refractivity contribution in [3.8, 4) is 0 Å². The fourth-order valence-corrected chi connectivity index (χ4v) is 6.42. The van der Waals surface area contributed by atoms with Gasteiger partial charge in [-0.3, -0.25) is 0 Å². The Labute approximate surface area is 161 Å². The lowest BCUT2D eigenvalue weighted by Gasteiger charge is -2.57. The molecule has 0 aliphatic heterocycles. The van der Waals surface area contributed by atoms with Crippen LogP contribution in [-0.2, 0) is 0 Å². The van der Waals surface area contributed by atoms with Gasteiger partial charge in [0.2, 0.25) is 0 Å². The lowest BCUT2D eigenvalue weighted by atomic mass is 9.47. The number of hydrogen-bond acceptors (Lipinski definition) is 2. The zero-order valence-corrected chi connectivity index (χ0v) is 17.9. The van der Waals surface area contributed by atoms with E-state index in [1.54, 1.807) is 18.1 Å². The van der Waals surface area contributed by atoms with Crippen LogP contribution in [0.5, 0.6) is 0 Å². The molecule has 4 rings (SSSR count). The van der Waals surface area contributed by atoms with Crippen molar-refractivity contribution in [2.24, 2.45) is 28.6 Å². The molecule has 2 nitrogen and oxygen atoms in total. The number of hydrogen-bond donors (Lipinski definition) is 2. The van der Waals surface area contributed by atoms with Gasteiger partial charge in [0.1, 0.15) is 0 Å². The van der Waals surface area contributed by atoms with Gasteiger partial charge in [-0.2, -0.15) is 0 Å². The van der Waals surface area contributed by atoms with E-state index >= 15 is 0 Å². The lowest BCUT2D eigenvalue weighted by Crippen LogP contribution is -2.49. The number of nitrogens with one attached hydrogen (secondary N) is 1. The van der Waals surface area contributed by atoms with Crippen molar-refractivity contribution in [2.75, 3.05) is 0 Å². The Bertz CT molecular complexity index is 563. The standard InChI is InChI=1S/C20H30O.C2H5N.C2H6/c1-13-4-7-17-16-6-5-14-12-15(21)8-10-20(14,3)18(16)9-11-19(13,17)2;1-2-3;1-2/h4-5,15-18,21H,6-12H2,1-3H3;2-3H,1H3;1-2H3. The Morgan fingerprint density at radius 3 is 2.31 bits per heavy atom. The van der Waals surface area contributed by atoms with E-state index in [1.165, 1.54) is 38.3 Å². The summed E-state index contributed by atoms with van der Waals surface area (Å²) in [5.41, 5.74) is 4.12. The minimum atomic E-state index is -0.0786. The summed E-state index contributed by atoms with van der Waals surface area (Å²) in [7, 11) is 0. The maximum atomic E-state index is 10.0. The molecule has 2 N–H and O–H groups in total. The predicted octanol–water partition coefficient (Wildman–Crippen LogP) is 6.55. The molecule has 2 fully saturated rings. The van der Waals surface area contributed by atoms with Gasteiger partial charge in [-0.25, -0.2) is 0 Å². The van der Waals surface area contributed by atoms with Gasteiger partial charge in [0, 0.05) is 0 Å². The molecule has 0 heterocycles. The number of fused-ring (bicyclic) bond motifs is 5. The highest BCUT2D eigenvalue weighted by Gasteiger charge is 2.55. The van der Waals surface area contributed by atoms with Crippen LogP contribution in [0.25, 0.3) is 0 Å². The number of aliphatic hydroxyl groups excluding tert-OH is 1. The van der Waals surface area contributed by atoms with Crippen LogP contribution in [0, 0.1) is 34.0 Å². The summed E-state index contributed by atoms with van der Waals surface area (Å²) in [5, 5.41) is 16.1. The second kappa shape index (κ2) is 8.42. The Kier molecular flexibility index (Phi) is 6.93. The SMILES string of the molecule is CC.CC1=CCC2C3CC=C4CC(O)CCC4(C)C3CCC12C.CC=N. The first kappa shape index (κ1) is 21.4. The Morgan fingerprint density at radius 1 is 1.04 bits per heavy atom. The van der Waals surface area contributed by atoms with E-state index in [0.29, 0.717) is 10.8 Å². The fraction of sp³-hybridized carbons (Fsp3) is 0.792. The Balaban J connectivity index is 0.000000444. The number of aliphatic hydroxyl groups is 1. The molecule has 148 valence electrons. The zero-order valence-electron chi connectivity index (χ0n) is 17.9. The van der Waals surface area contributed by atoms with E-state index in [2.05, 4.69) is 32.9 Å². The maximum Gasteiger partial charge on any atom is 0.0577 e. The summed E-state index contributed by atoms with van der Waals surface area (Å²) in [6, 6.07) is 0. The van der Waals surface area contributed by atoms with Crippen molar-refractivity contribution in [3.63, 3.8) is 0 Å². The minimum Gasteiger partial charge on any atom is -0.393 e. The molecular formula is C24H41NO. The molecule has 4 aliphatic rings. The second-order valence-electron chi connectivity index (χ2n) is 9.02. The molecule has 2 heteroatoms. The molecule has 6 unspecified atom stereocenters. The van der Waals surface area contributed by atoms with Crippen molar-refractivity contribution in [2.45, 2.75) is 92.6 Å². The van der Waals surface area contributed by atoms with E-state index in [0.717, 1.165) is 30.6 Å². The molecule has 0 amide bonds. The summed E-state index contributed by atoms with van der Waals surface area (Å²) in [4.78, 5) is 0. The molecule has 0 spiro atoms. The first-order chi connectivity index (χ1) is 12.4. The van der Waals surface area contributed by atoms with E-state index in [9.17, 15) is 5.11 Å².